The Morgan fingerprint density at radius 1 is 1.42 bits per heavy atom. The lowest BCUT2D eigenvalue weighted by Crippen LogP contribution is -2.25. The van der Waals surface area contributed by atoms with Crippen LogP contribution in [0.15, 0.2) is 24.5 Å². The van der Waals surface area contributed by atoms with Crippen molar-refractivity contribution in [1.82, 2.24) is 14.9 Å². The SMILES string of the molecule is Cn1ccnc1CCNC(=O)c1ccc(C(=O)O)s1. The van der Waals surface area contributed by atoms with Gasteiger partial charge in [-0.05, 0) is 12.1 Å². The Kier molecular flexibility index (Phi) is 3.96. The number of aromatic nitrogens is 2. The Morgan fingerprint density at radius 2 is 2.16 bits per heavy atom. The second-order valence-electron chi connectivity index (χ2n) is 3.93. The molecule has 2 rings (SSSR count). The molecule has 2 N–H and O–H groups in total. The van der Waals surface area contributed by atoms with E-state index in [0.29, 0.717) is 17.8 Å². The molecule has 0 fully saturated rings. The van der Waals surface area contributed by atoms with E-state index in [-0.39, 0.29) is 10.8 Å². The molecule has 1 amide bonds. The zero-order valence-corrected chi connectivity index (χ0v) is 11.1. The molecule has 0 saturated carbocycles. The smallest absolute Gasteiger partial charge is 0.345 e. The number of thiophene rings is 1. The van der Waals surface area contributed by atoms with Crippen molar-refractivity contribution >= 4 is 23.2 Å². The van der Waals surface area contributed by atoms with Gasteiger partial charge >= 0.3 is 5.97 Å². The predicted octanol–water partition coefficient (Wildman–Crippen LogP) is 1.15. The van der Waals surface area contributed by atoms with Crippen LogP contribution in [0.4, 0.5) is 0 Å². The van der Waals surface area contributed by atoms with Crippen LogP contribution >= 0.6 is 11.3 Å². The summed E-state index contributed by atoms with van der Waals surface area (Å²) in [6, 6.07) is 2.95. The normalized spacial score (nSPS) is 10.4. The van der Waals surface area contributed by atoms with E-state index < -0.39 is 5.97 Å². The van der Waals surface area contributed by atoms with E-state index in [2.05, 4.69) is 10.3 Å². The minimum absolute atomic E-state index is 0.161. The molecule has 0 saturated heterocycles. The Hall–Kier alpha value is -2.15. The maximum absolute atomic E-state index is 11.8. The van der Waals surface area contributed by atoms with Crippen molar-refractivity contribution in [2.75, 3.05) is 6.54 Å². The Balaban J connectivity index is 1.87. The van der Waals surface area contributed by atoms with E-state index in [1.807, 2.05) is 17.8 Å². The van der Waals surface area contributed by atoms with Crippen molar-refractivity contribution in [2.24, 2.45) is 7.05 Å². The topological polar surface area (TPSA) is 84.2 Å². The van der Waals surface area contributed by atoms with Crippen LogP contribution in [0.3, 0.4) is 0 Å². The van der Waals surface area contributed by atoms with E-state index in [4.69, 9.17) is 5.11 Å². The van der Waals surface area contributed by atoms with Gasteiger partial charge in [-0.2, -0.15) is 0 Å². The van der Waals surface area contributed by atoms with Crippen LogP contribution in [0.2, 0.25) is 0 Å². The molecule has 0 atom stereocenters. The average Bonchev–Trinajstić information content (AvgIpc) is 2.98. The molecular formula is C12H13N3O3S. The maximum atomic E-state index is 11.8. The third kappa shape index (κ3) is 3.19. The number of amides is 1. The summed E-state index contributed by atoms with van der Waals surface area (Å²) in [5.74, 6) is -0.388. The number of aromatic carboxylic acids is 1. The summed E-state index contributed by atoms with van der Waals surface area (Å²) in [6.45, 7) is 0.462. The number of carbonyl (C=O) groups excluding carboxylic acids is 1. The molecular weight excluding hydrogens is 266 g/mol. The van der Waals surface area contributed by atoms with E-state index in [9.17, 15) is 9.59 Å². The van der Waals surface area contributed by atoms with Crippen molar-refractivity contribution in [3.63, 3.8) is 0 Å². The summed E-state index contributed by atoms with van der Waals surface area (Å²) in [5, 5.41) is 11.5. The molecule has 0 unspecified atom stereocenters. The highest BCUT2D eigenvalue weighted by Gasteiger charge is 2.12. The van der Waals surface area contributed by atoms with Crippen molar-refractivity contribution in [3.05, 3.63) is 40.1 Å². The van der Waals surface area contributed by atoms with Gasteiger partial charge in [-0.1, -0.05) is 0 Å². The highest BCUT2D eigenvalue weighted by Crippen LogP contribution is 2.16. The molecule has 0 aromatic carbocycles. The number of carbonyl (C=O) groups is 2. The number of carboxylic acid groups (broad SMARTS) is 1. The van der Waals surface area contributed by atoms with Gasteiger partial charge in [0.15, 0.2) is 0 Å². The molecule has 2 heterocycles. The highest BCUT2D eigenvalue weighted by molar-refractivity contribution is 7.15. The fraction of sp³-hybridized carbons (Fsp3) is 0.250. The number of rotatable bonds is 5. The minimum Gasteiger partial charge on any atom is -0.477 e. The zero-order valence-electron chi connectivity index (χ0n) is 10.3. The first kappa shape index (κ1) is 13.3. The van der Waals surface area contributed by atoms with Crippen molar-refractivity contribution < 1.29 is 14.7 Å². The fourth-order valence-electron chi connectivity index (χ4n) is 1.59. The predicted molar refractivity (Wildman–Crippen MR) is 70.5 cm³/mol. The standard InChI is InChI=1S/C12H13N3O3S/c1-15-7-6-13-10(15)4-5-14-11(16)8-2-3-9(19-8)12(17)18/h2-3,6-7H,4-5H2,1H3,(H,14,16)(H,17,18). The minimum atomic E-state index is -1.02. The molecule has 0 bridgehead atoms. The van der Waals surface area contributed by atoms with Gasteiger partial charge in [-0.15, -0.1) is 11.3 Å². The number of imidazole rings is 1. The average molecular weight is 279 g/mol. The summed E-state index contributed by atoms with van der Waals surface area (Å²) in [6.07, 6.45) is 4.18. The molecule has 2 aromatic heterocycles. The lowest BCUT2D eigenvalue weighted by atomic mass is 10.3. The van der Waals surface area contributed by atoms with Crippen LogP contribution < -0.4 is 5.32 Å². The largest absolute Gasteiger partial charge is 0.477 e. The fourth-order valence-corrected chi connectivity index (χ4v) is 2.35. The Labute approximate surface area is 113 Å². The molecule has 0 aliphatic carbocycles. The van der Waals surface area contributed by atoms with Crippen LogP contribution in [0, 0.1) is 0 Å². The Bertz CT molecular complexity index is 603. The van der Waals surface area contributed by atoms with Crippen LogP contribution in [-0.2, 0) is 13.5 Å². The van der Waals surface area contributed by atoms with Gasteiger partial charge in [0.1, 0.15) is 10.7 Å². The number of hydrogen-bond acceptors (Lipinski definition) is 4. The van der Waals surface area contributed by atoms with Gasteiger partial charge < -0.3 is 15.0 Å². The van der Waals surface area contributed by atoms with E-state index >= 15 is 0 Å². The number of nitrogens with one attached hydrogen (secondary N) is 1. The van der Waals surface area contributed by atoms with Gasteiger partial charge in [0.25, 0.3) is 5.91 Å². The second kappa shape index (κ2) is 5.66. The first-order chi connectivity index (χ1) is 9.08. The van der Waals surface area contributed by atoms with Crippen LogP contribution in [0.5, 0.6) is 0 Å². The highest BCUT2D eigenvalue weighted by atomic mass is 32.1. The summed E-state index contributed by atoms with van der Waals surface area (Å²) >= 11 is 0.968. The van der Waals surface area contributed by atoms with E-state index in [1.54, 1.807) is 6.20 Å². The van der Waals surface area contributed by atoms with Crippen molar-refractivity contribution in [2.45, 2.75) is 6.42 Å². The molecule has 7 heteroatoms. The van der Waals surface area contributed by atoms with E-state index in [0.717, 1.165) is 17.2 Å². The second-order valence-corrected chi connectivity index (χ2v) is 5.01. The summed E-state index contributed by atoms with van der Waals surface area (Å²) in [7, 11) is 1.89. The quantitative estimate of drug-likeness (QED) is 0.860. The number of hydrogen-bond donors (Lipinski definition) is 2. The van der Waals surface area contributed by atoms with Crippen LogP contribution in [0.25, 0.3) is 0 Å². The van der Waals surface area contributed by atoms with Crippen LogP contribution in [0.1, 0.15) is 25.2 Å². The Morgan fingerprint density at radius 3 is 2.74 bits per heavy atom. The molecule has 6 nitrogen and oxygen atoms in total. The molecule has 0 aliphatic rings. The zero-order chi connectivity index (χ0) is 13.8. The molecule has 19 heavy (non-hydrogen) atoms. The molecule has 0 spiro atoms. The van der Waals surface area contributed by atoms with Gasteiger partial charge in [0.2, 0.25) is 0 Å². The maximum Gasteiger partial charge on any atom is 0.345 e. The third-order valence-corrected chi connectivity index (χ3v) is 3.67. The van der Waals surface area contributed by atoms with Gasteiger partial charge in [-0.3, -0.25) is 4.79 Å². The molecule has 2 aromatic rings. The van der Waals surface area contributed by atoms with E-state index in [1.165, 1.54) is 12.1 Å². The first-order valence-electron chi connectivity index (χ1n) is 5.65. The summed E-state index contributed by atoms with van der Waals surface area (Å²) in [5.41, 5.74) is 0. The van der Waals surface area contributed by atoms with Crippen LogP contribution in [-0.4, -0.2) is 33.1 Å². The lowest BCUT2D eigenvalue weighted by Gasteiger charge is -2.03. The van der Waals surface area contributed by atoms with Gasteiger partial charge in [0, 0.05) is 32.4 Å². The molecule has 0 radical (unpaired) electrons. The molecule has 100 valence electrons. The number of carboxylic acids is 1. The van der Waals surface area contributed by atoms with Crippen molar-refractivity contribution in [1.29, 1.82) is 0 Å². The lowest BCUT2D eigenvalue weighted by molar-refractivity contribution is 0.0702. The van der Waals surface area contributed by atoms with Gasteiger partial charge in [-0.25, -0.2) is 9.78 Å². The van der Waals surface area contributed by atoms with Gasteiger partial charge in [0.05, 0.1) is 4.88 Å². The third-order valence-electron chi connectivity index (χ3n) is 2.60. The number of nitrogens with zero attached hydrogens (tertiary/aromatic N) is 2. The first-order valence-corrected chi connectivity index (χ1v) is 6.47. The summed E-state index contributed by atoms with van der Waals surface area (Å²) < 4.78 is 1.89. The summed E-state index contributed by atoms with van der Waals surface area (Å²) in [4.78, 5) is 27.2. The number of aryl methyl sites for hydroxylation is 1. The molecule has 0 aliphatic heterocycles. The van der Waals surface area contributed by atoms with Crippen molar-refractivity contribution in [3.8, 4) is 0 Å². The monoisotopic (exact) mass is 279 g/mol.